The van der Waals surface area contributed by atoms with Gasteiger partial charge in [0, 0.05) is 28.0 Å². The Kier molecular flexibility index (Phi) is 13.0. The summed E-state index contributed by atoms with van der Waals surface area (Å²) in [5.41, 5.74) is -2.76. The van der Waals surface area contributed by atoms with E-state index < -0.39 is 77.2 Å². The summed E-state index contributed by atoms with van der Waals surface area (Å²) < 4.78 is 94.0. The number of carbonyl (C=O) groups is 1. The van der Waals surface area contributed by atoms with Crippen molar-refractivity contribution in [3.8, 4) is 6.07 Å². The lowest BCUT2D eigenvalue weighted by Crippen LogP contribution is -2.47. The summed E-state index contributed by atoms with van der Waals surface area (Å²) in [6.07, 6.45) is 8.00. The van der Waals surface area contributed by atoms with Crippen molar-refractivity contribution in [1.82, 2.24) is 14.8 Å². The molecule has 0 radical (unpaired) electrons. The Labute approximate surface area is 304 Å². The first-order valence-electron chi connectivity index (χ1n) is 15.7. The lowest BCUT2D eigenvalue weighted by molar-refractivity contribution is -0.146. The van der Waals surface area contributed by atoms with Gasteiger partial charge in [-0.25, -0.2) is 36.6 Å². The maximum atomic E-state index is 15.8. The summed E-state index contributed by atoms with van der Waals surface area (Å²) >= 11 is 1.19. The summed E-state index contributed by atoms with van der Waals surface area (Å²) in [5.74, 6) is -4.75. The Bertz CT molecular complexity index is 2070. The molecule has 2 N–H and O–H groups in total. The molecule has 1 saturated heterocycles. The first-order valence-corrected chi connectivity index (χ1v) is 18.2. The number of ether oxygens (including phenoxy) is 3. The minimum Gasteiger partial charge on any atom is -0.447 e. The molecule has 0 bridgehead atoms. The SMILES string of the molecule is C[C@@H](SC1COC(C=CC=Cc2ccc(C#N)cc2F)OC1)[C@@](Cn1cncn1)(OC(=O)c1cccc(F)c1COP(=O)(O)O)c1ccc(F)cc1F. The van der Waals surface area contributed by atoms with E-state index in [1.165, 1.54) is 53.4 Å². The van der Waals surface area contributed by atoms with Crippen molar-refractivity contribution in [2.75, 3.05) is 13.2 Å². The van der Waals surface area contributed by atoms with Gasteiger partial charge in [0.15, 0.2) is 11.9 Å². The smallest absolute Gasteiger partial charge is 0.447 e. The standard InChI is InChI=1S/C35H31F4N4O8PS/c1-22(53-26-16-48-33(49-17-26)8-3-2-5-24-10-9-23(15-40)13-31(24)38)35(19-43-21-41-20-42-43,29-12-11-25(36)14-32(29)39)51-34(44)27-6-4-7-30(37)28(27)18-50-52(45,46)47/h2-14,20-22,26,33H,16-19H2,1H3,(H2,45,46,47)/t22-,26?,33?,35-/m1/s1. The largest absolute Gasteiger partial charge is 0.469 e. The molecule has 2 heterocycles. The van der Waals surface area contributed by atoms with Crippen LogP contribution in [0.4, 0.5) is 17.6 Å². The summed E-state index contributed by atoms with van der Waals surface area (Å²) in [6.45, 7) is 0.502. The second kappa shape index (κ2) is 17.4. The number of hydrogen-bond donors (Lipinski definition) is 2. The van der Waals surface area contributed by atoms with Crippen molar-refractivity contribution in [1.29, 1.82) is 5.26 Å². The Morgan fingerprint density at radius 1 is 1.11 bits per heavy atom. The number of allylic oxidation sites excluding steroid dienone is 2. The lowest BCUT2D eigenvalue weighted by Gasteiger charge is -2.40. The van der Waals surface area contributed by atoms with Crippen LogP contribution in [-0.2, 0) is 42.1 Å². The van der Waals surface area contributed by atoms with Gasteiger partial charge in [0.25, 0.3) is 0 Å². The number of nitriles is 1. The fourth-order valence-electron chi connectivity index (χ4n) is 5.39. The lowest BCUT2D eigenvalue weighted by atomic mass is 9.89. The first-order chi connectivity index (χ1) is 25.3. The number of carbonyl (C=O) groups excluding carboxylic acids is 1. The Morgan fingerprint density at radius 3 is 2.55 bits per heavy atom. The Hall–Kier alpha value is -4.66. The van der Waals surface area contributed by atoms with Crippen molar-refractivity contribution in [3.05, 3.63) is 137 Å². The van der Waals surface area contributed by atoms with Crippen LogP contribution in [0, 0.1) is 34.6 Å². The molecule has 2 atom stereocenters. The topological polar surface area (TPSA) is 166 Å². The highest BCUT2D eigenvalue weighted by atomic mass is 32.2. The maximum Gasteiger partial charge on any atom is 0.469 e. The monoisotopic (exact) mass is 774 g/mol. The predicted molar refractivity (Wildman–Crippen MR) is 183 cm³/mol. The number of phosphoric ester groups is 1. The fourth-order valence-corrected chi connectivity index (χ4v) is 7.05. The maximum absolute atomic E-state index is 15.8. The molecule has 1 aliphatic rings. The molecular weight excluding hydrogens is 743 g/mol. The molecule has 3 aromatic carbocycles. The van der Waals surface area contributed by atoms with E-state index >= 15 is 4.39 Å². The molecule has 0 spiro atoms. The van der Waals surface area contributed by atoms with Crippen LogP contribution in [0.15, 0.2) is 85.5 Å². The summed E-state index contributed by atoms with van der Waals surface area (Å²) in [4.78, 5) is 36.3. The van der Waals surface area contributed by atoms with Crippen molar-refractivity contribution in [2.24, 2.45) is 0 Å². The molecule has 1 fully saturated rings. The van der Waals surface area contributed by atoms with Crippen LogP contribution >= 0.6 is 19.6 Å². The zero-order valence-electron chi connectivity index (χ0n) is 27.7. The molecular formula is C35H31F4N4O8PS. The molecule has 0 amide bonds. The highest BCUT2D eigenvalue weighted by Crippen LogP contribution is 2.43. The normalized spacial score (nSPS) is 18.2. The van der Waals surface area contributed by atoms with Gasteiger partial charge >= 0.3 is 13.8 Å². The molecule has 53 heavy (non-hydrogen) atoms. The van der Waals surface area contributed by atoms with Crippen LogP contribution in [0.3, 0.4) is 0 Å². The van der Waals surface area contributed by atoms with Crippen molar-refractivity contribution in [3.63, 3.8) is 0 Å². The van der Waals surface area contributed by atoms with Crippen molar-refractivity contribution in [2.45, 2.75) is 42.5 Å². The quantitative estimate of drug-likeness (QED) is 0.0646. The molecule has 1 aliphatic heterocycles. The van der Waals surface area contributed by atoms with Gasteiger partial charge in [-0.15, -0.1) is 11.8 Å². The number of halogens is 4. The molecule has 1 aromatic heterocycles. The number of aromatic nitrogens is 3. The van der Waals surface area contributed by atoms with E-state index in [-0.39, 0.29) is 36.4 Å². The van der Waals surface area contributed by atoms with Crippen LogP contribution in [0.5, 0.6) is 0 Å². The van der Waals surface area contributed by atoms with Gasteiger partial charge in [0.1, 0.15) is 35.9 Å². The van der Waals surface area contributed by atoms with Gasteiger partial charge in [-0.2, -0.15) is 10.4 Å². The van der Waals surface area contributed by atoms with Crippen molar-refractivity contribution >= 4 is 31.6 Å². The van der Waals surface area contributed by atoms with E-state index in [0.717, 1.165) is 30.3 Å². The number of phosphoric acid groups is 1. The second-order valence-corrected chi connectivity index (χ2v) is 14.4. The number of hydrogen-bond acceptors (Lipinski definition) is 10. The van der Waals surface area contributed by atoms with Gasteiger partial charge in [-0.3, -0.25) is 4.52 Å². The molecule has 5 rings (SSSR count). The van der Waals surface area contributed by atoms with E-state index in [9.17, 15) is 32.3 Å². The van der Waals surface area contributed by atoms with Crippen LogP contribution < -0.4 is 0 Å². The first kappa shape index (κ1) is 39.5. The Morgan fingerprint density at radius 2 is 1.89 bits per heavy atom. The van der Waals surface area contributed by atoms with E-state index in [2.05, 4.69) is 14.6 Å². The average Bonchev–Trinajstić information content (AvgIpc) is 3.63. The molecule has 4 aromatic rings. The van der Waals surface area contributed by atoms with Crippen LogP contribution in [0.2, 0.25) is 0 Å². The molecule has 278 valence electrons. The van der Waals surface area contributed by atoms with Gasteiger partial charge in [0.05, 0.1) is 48.8 Å². The zero-order valence-corrected chi connectivity index (χ0v) is 29.4. The number of thioether (sulfide) groups is 1. The third kappa shape index (κ3) is 10.3. The highest BCUT2D eigenvalue weighted by Gasteiger charge is 2.47. The number of nitrogens with zero attached hydrogens (tertiary/aromatic N) is 4. The second-order valence-electron chi connectivity index (χ2n) is 11.6. The third-order valence-electron chi connectivity index (χ3n) is 7.97. The summed E-state index contributed by atoms with van der Waals surface area (Å²) in [5, 5.41) is 11.7. The van der Waals surface area contributed by atoms with Crippen LogP contribution in [-0.4, -0.2) is 60.5 Å². The predicted octanol–water partition coefficient (Wildman–Crippen LogP) is 6.20. The van der Waals surface area contributed by atoms with E-state index in [1.807, 2.05) is 6.07 Å². The van der Waals surface area contributed by atoms with Crippen molar-refractivity contribution < 1.29 is 55.4 Å². The molecule has 0 aliphatic carbocycles. The molecule has 0 unspecified atom stereocenters. The molecule has 18 heteroatoms. The number of benzene rings is 3. The third-order valence-corrected chi connectivity index (χ3v) is 9.88. The van der Waals surface area contributed by atoms with Crippen LogP contribution in [0.1, 0.15) is 39.5 Å². The van der Waals surface area contributed by atoms with E-state index in [4.69, 9.17) is 19.5 Å². The van der Waals surface area contributed by atoms with E-state index in [0.29, 0.717) is 6.07 Å². The molecule has 12 nitrogen and oxygen atoms in total. The van der Waals surface area contributed by atoms with Crippen LogP contribution in [0.25, 0.3) is 6.08 Å². The highest BCUT2D eigenvalue weighted by molar-refractivity contribution is 8.00. The zero-order chi connectivity index (χ0) is 38.2. The minimum absolute atomic E-state index is 0.116. The minimum atomic E-state index is -5.09. The fraction of sp³-hybridized carbons (Fsp3) is 0.257. The van der Waals surface area contributed by atoms with Gasteiger partial charge in [0.2, 0.25) is 0 Å². The molecule has 0 saturated carbocycles. The average molecular weight is 775 g/mol. The van der Waals surface area contributed by atoms with E-state index in [1.54, 1.807) is 25.2 Å². The summed E-state index contributed by atoms with van der Waals surface area (Å²) in [7, 11) is -5.09. The van der Waals surface area contributed by atoms with Gasteiger partial charge < -0.3 is 24.0 Å². The van der Waals surface area contributed by atoms with Gasteiger partial charge in [-0.1, -0.05) is 30.4 Å². The number of rotatable bonds is 14. The number of esters is 1. The van der Waals surface area contributed by atoms with Gasteiger partial charge in [-0.05, 0) is 49.4 Å². The summed E-state index contributed by atoms with van der Waals surface area (Å²) in [6, 6.07) is 12.0. The Balaban J connectivity index is 1.39.